The van der Waals surface area contributed by atoms with Crippen LogP contribution < -0.4 is 0 Å². The molecule has 0 aromatic rings. The zero-order valence-corrected chi connectivity index (χ0v) is 20.5. The van der Waals surface area contributed by atoms with Crippen LogP contribution >= 0.6 is 12.6 Å². The van der Waals surface area contributed by atoms with E-state index in [4.69, 9.17) is 48.2 Å². The molecular weight excluding hydrogens is 458 g/mol. The molecule has 0 unspecified atom stereocenters. The third-order valence-electron chi connectivity index (χ3n) is 3.61. The number of thiol groups is 1. The van der Waals surface area contributed by atoms with Crippen LogP contribution in [0.25, 0.3) is 10.4 Å². The highest BCUT2D eigenvalue weighted by Gasteiger charge is 1.95. The lowest BCUT2D eigenvalue weighted by molar-refractivity contribution is -0.0246. The maximum Gasteiger partial charge on any atom is 0.0701 e. The van der Waals surface area contributed by atoms with Crippen molar-refractivity contribution in [1.29, 1.82) is 0 Å². The van der Waals surface area contributed by atoms with Gasteiger partial charge in [0, 0.05) is 17.2 Å². The highest BCUT2D eigenvalue weighted by molar-refractivity contribution is 7.80. The van der Waals surface area contributed by atoms with Crippen molar-refractivity contribution in [2.24, 2.45) is 5.11 Å². The van der Waals surface area contributed by atoms with Gasteiger partial charge in [-0.25, -0.2) is 0 Å². The predicted octanol–water partition coefficient (Wildman–Crippen LogP) is 1.38. The van der Waals surface area contributed by atoms with Gasteiger partial charge >= 0.3 is 0 Å². The van der Waals surface area contributed by atoms with Gasteiger partial charge in [-0.3, -0.25) is 0 Å². The Morgan fingerprint density at radius 3 is 0.909 bits per heavy atom. The molecule has 12 nitrogen and oxygen atoms in total. The van der Waals surface area contributed by atoms with E-state index in [0.29, 0.717) is 125 Å². The van der Waals surface area contributed by atoms with Crippen molar-refractivity contribution in [2.75, 3.05) is 131 Å². The SMILES string of the molecule is [N-]=[N+]=NCCOCCOCCOCCOCCOCCOCCOCCOCCOCCS. The maximum absolute atomic E-state index is 8.10. The fourth-order valence-electron chi connectivity index (χ4n) is 2.08. The second kappa shape index (κ2) is 31.3. The van der Waals surface area contributed by atoms with Crippen LogP contribution in [-0.4, -0.2) is 131 Å². The lowest BCUT2D eigenvalue weighted by Crippen LogP contribution is -2.15. The van der Waals surface area contributed by atoms with E-state index in [-0.39, 0.29) is 0 Å². The number of rotatable bonds is 29. The summed E-state index contributed by atoms with van der Waals surface area (Å²) < 4.78 is 48.2. The number of nitrogens with zero attached hydrogens (tertiary/aromatic N) is 3. The largest absolute Gasteiger partial charge is 0.379 e. The Kier molecular flexibility index (Phi) is 30.6. The van der Waals surface area contributed by atoms with Gasteiger partial charge in [0.25, 0.3) is 0 Å². The highest BCUT2D eigenvalue weighted by atomic mass is 32.1. The molecule has 0 aromatic heterocycles. The third kappa shape index (κ3) is 31.3. The number of ether oxygens (including phenoxy) is 9. The first-order valence-corrected chi connectivity index (χ1v) is 11.9. The highest BCUT2D eigenvalue weighted by Crippen LogP contribution is 1.86. The molecule has 0 aliphatic carbocycles. The van der Waals surface area contributed by atoms with E-state index in [1.165, 1.54) is 0 Å². The number of hydrogen-bond donors (Lipinski definition) is 1. The van der Waals surface area contributed by atoms with Gasteiger partial charge in [0.2, 0.25) is 0 Å². The molecule has 0 N–H and O–H groups in total. The second-order valence-electron chi connectivity index (χ2n) is 6.19. The molecule has 0 aromatic carbocycles. The first-order chi connectivity index (χ1) is 16.4. The van der Waals surface area contributed by atoms with E-state index >= 15 is 0 Å². The van der Waals surface area contributed by atoms with E-state index in [2.05, 4.69) is 22.7 Å². The molecule has 13 heteroatoms. The summed E-state index contributed by atoms with van der Waals surface area (Å²) in [5.41, 5.74) is 8.10. The normalized spacial score (nSPS) is 11.1. The van der Waals surface area contributed by atoms with Gasteiger partial charge in [0.05, 0.1) is 119 Å². The van der Waals surface area contributed by atoms with Gasteiger partial charge in [-0.15, -0.1) is 0 Å². The van der Waals surface area contributed by atoms with Crippen LogP contribution in [0.3, 0.4) is 0 Å². The van der Waals surface area contributed by atoms with Crippen molar-refractivity contribution in [2.45, 2.75) is 0 Å². The fraction of sp³-hybridized carbons (Fsp3) is 1.00. The Morgan fingerprint density at radius 2 is 0.667 bits per heavy atom. The summed E-state index contributed by atoms with van der Waals surface area (Å²) >= 11 is 4.05. The Morgan fingerprint density at radius 1 is 0.424 bits per heavy atom. The Labute approximate surface area is 202 Å². The minimum absolute atomic E-state index is 0.333. The number of azide groups is 1. The molecule has 0 heterocycles. The molecule has 0 atom stereocenters. The van der Waals surface area contributed by atoms with Crippen molar-refractivity contribution >= 4 is 12.6 Å². The summed E-state index contributed by atoms with van der Waals surface area (Å²) in [5, 5.41) is 3.36. The molecule has 0 aliphatic heterocycles. The van der Waals surface area contributed by atoms with Crippen LogP contribution in [0.4, 0.5) is 0 Å². The predicted molar refractivity (Wildman–Crippen MR) is 125 cm³/mol. The molecule has 0 amide bonds. The van der Waals surface area contributed by atoms with Crippen LogP contribution in [0.2, 0.25) is 0 Å². The topological polar surface area (TPSA) is 132 Å². The molecule has 33 heavy (non-hydrogen) atoms. The Balaban J connectivity index is 3.01. The average molecular weight is 500 g/mol. The quantitative estimate of drug-likeness (QED) is 0.0533. The van der Waals surface area contributed by atoms with Crippen LogP contribution in [0.5, 0.6) is 0 Å². The van der Waals surface area contributed by atoms with E-state index in [9.17, 15) is 0 Å². The molecule has 0 fully saturated rings. The van der Waals surface area contributed by atoms with Gasteiger partial charge in [-0.1, -0.05) is 5.11 Å². The van der Waals surface area contributed by atoms with Gasteiger partial charge < -0.3 is 42.6 Å². The fourth-order valence-corrected chi connectivity index (χ4v) is 2.21. The first kappa shape index (κ1) is 32.3. The van der Waals surface area contributed by atoms with E-state index in [1.54, 1.807) is 0 Å². The Hall–Kier alpha value is -0.700. The Bertz CT molecular complexity index is 422. The van der Waals surface area contributed by atoms with E-state index in [1.807, 2.05) is 0 Å². The minimum Gasteiger partial charge on any atom is -0.379 e. The van der Waals surface area contributed by atoms with Crippen LogP contribution in [0, 0.1) is 0 Å². The molecule has 196 valence electrons. The van der Waals surface area contributed by atoms with Gasteiger partial charge in [0.15, 0.2) is 0 Å². The summed E-state index contributed by atoms with van der Waals surface area (Å²) in [4.78, 5) is 2.64. The van der Waals surface area contributed by atoms with Crippen molar-refractivity contribution in [1.82, 2.24) is 0 Å². The van der Waals surface area contributed by atoms with Crippen LogP contribution in [0.15, 0.2) is 5.11 Å². The van der Waals surface area contributed by atoms with Crippen molar-refractivity contribution in [3.8, 4) is 0 Å². The molecule has 0 spiro atoms. The van der Waals surface area contributed by atoms with Gasteiger partial charge in [0.1, 0.15) is 0 Å². The summed E-state index contributed by atoms with van der Waals surface area (Å²) in [6, 6.07) is 0. The lowest BCUT2D eigenvalue weighted by atomic mass is 10.6. The monoisotopic (exact) mass is 499 g/mol. The van der Waals surface area contributed by atoms with E-state index in [0.717, 1.165) is 5.75 Å². The van der Waals surface area contributed by atoms with Crippen molar-refractivity contribution in [3.63, 3.8) is 0 Å². The zero-order chi connectivity index (χ0) is 23.9. The summed E-state index contributed by atoms with van der Waals surface area (Å²) in [7, 11) is 0. The van der Waals surface area contributed by atoms with E-state index < -0.39 is 0 Å². The second-order valence-corrected chi connectivity index (χ2v) is 6.64. The zero-order valence-electron chi connectivity index (χ0n) is 19.6. The third-order valence-corrected chi connectivity index (χ3v) is 3.79. The smallest absolute Gasteiger partial charge is 0.0701 e. The molecule has 0 radical (unpaired) electrons. The standard InChI is InChI=1S/C20H41N3O9S/c21-23-22-1-2-24-3-4-25-5-6-26-7-8-27-9-10-28-11-12-29-13-14-30-15-16-31-17-18-32-19-20-33/h33H,1-20H2. The molecular formula is C20H41N3O9S. The average Bonchev–Trinajstić information content (AvgIpc) is 2.83. The van der Waals surface area contributed by atoms with Crippen LogP contribution in [-0.2, 0) is 42.6 Å². The van der Waals surface area contributed by atoms with Crippen molar-refractivity contribution in [3.05, 3.63) is 10.4 Å². The first-order valence-electron chi connectivity index (χ1n) is 11.2. The number of hydrogen-bond acceptors (Lipinski definition) is 11. The lowest BCUT2D eigenvalue weighted by Gasteiger charge is -2.08. The van der Waals surface area contributed by atoms with Gasteiger partial charge in [-0.05, 0) is 5.53 Å². The molecule has 0 bridgehead atoms. The summed E-state index contributed by atoms with van der Waals surface area (Å²) in [6.45, 7) is 9.66. The van der Waals surface area contributed by atoms with Crippen molar-refractivity contribution < 1.29 is 42.6 Å². The van der Waals surface area contributed by atoms with Crippen LogP contribution in [0.1, 0.15) is 0 Å². The molecule has 0 saturated carbocycles. The summed E-state index contributed by atoms with van der Waals surface area (Å²) in [6.07, 6.45) is 0. The molecule has 0 saturated heterocycles. The minimum atomic E-state index is 0.333. The summed E-state index contributed by atoms with van der Waals surface area (Å²) in [5.74, 6) is 0.720. The molecule has 0 aliphatic rings. The maximum atomic E-state index is 8.10. The molecule has 0 rings (SSSR count). The van der Waals surface area contributed by atoms with Gasteiger partial charge in [-0.2, -0.15) is 12.6 Å².